The van der Waals surface area contributed by atoms with Crippen LogP contribution in [0.4, 0.5) is 19.0 Å². The van der Waals surface area contributed by atoms with E-state index in [9.17, 15) is 13.2 Å². The Hall–Kier alpha value is -3.05. The number of ether oxygens (including phenoxy) is 1. The number of rotatable bonds is 4. The van der Waals surface area contributed by atoms with E-state index in [0.29, 0.717) is 19.0 Å². The minimum atomic E-state index is -4.36. The predicted octanol–water partition coefficient (Wildman–Crippen LogP) is 4.09. The van der Waals surface area contributed by atoms with E-state index in [1.807, 2.05) is 41.3 Å². The third-order valence-electron chi connectivity index (χ3n) is 4.96. The maximum Gasteiger partial charge on any atom is 0.408 e. The van der Waals surface area contributed by atoms with E-state index in [1.54, 1.807) is 11.3 Å². The molecule has 0 bridgehead atoms. The summed E-state index contributed by atoms with van der Waals surface area (Å²) in [5.74, 6) is 0.970. The van der Waals surface area contributed by atoms with Crippen molar-refractivity contribution < 1.29 is 17.9 Å². The van der Waals surface area contributed by atoms with E-state index in [0.717, 1.165) is 31.7 Å². The minimum Gasteiger partial charge on any atom is -0.377 e. The van der Waals surface area contributed by atoms with E-state index >= 15 is 0 Å². The molecule has 0 radical (unpaired) electrons. The van der Waals surface area contributed by atoms with Gasteiger partial charge in [-0.1, -0.05) is 30.3 Å². The van der Waals surface area contributed by atoms with Crippen molar-refractivity contribution in [3.63, 3.8) is 0 Å². The first-order valence-corrected chi connectivity index (χ1v) is 10.4. The van der Waals surface area contributed by atoms with Crippen LogP contribution in [0.3, 0.4) is 0 Å². The molecule has 160 valence electrons. The first-order valence-electron chi connectivity index (χ1n) is 9.58. The van der Waals surface area contributed by atoms with Gasteiger partial charge < -0.3 is 9.64 Å². The fraction of sp³-hybridized carbons (Fsp3) is 0.300. The van der Waals surface area contributed by atoms with Crippen LogP contribution in [0.5, 0.6) is 0 Å². The van der Waals surface area contributed by atoms with Gasteiger partial charge in [-0.2, -0.15) is 18.3 Å². The fourth-order valence-electron chi connectivity index (χ4n) is 3.61. The van der Waals surface area contributed by atoms with E-state index in [1.165, 1.54) is 6.33 Å². The molecule has 1 aliphatic heterocycles. The molecule has 0 spiro atoms. The Kier molecular flexibility index (Phi) is 5.06. The number of halogens is 3. The molecule has 31 heavy (non-hydrogen) atoms. The number of thiophene rings is 1. The van der Waals surface area contributed by atoms with Gasteiger partial charge in [0, 0.05) is 11.4 Å². The quantitative estimate of drug-likeness (QED) is 0.470. The molecular formula is C20H17F3N6OS. The monoisotopic (exact) mass is 446 g/mol. The Labute approximate surface area is 179 Å². The number of fused-ring (bicyclic) bond motifs is 1. The van der Waals surface area contributed by atoms with E-state index in [-0.39, 0.29) is 12.4 Å². The van der Waals surface area contributed by atoms with E-state index < -0.39 is 18.8 Å². The molecule has 0 aliphatic carbocycles. The lowest BCUT2D eigenvalue weighted by Gasteiger charge is -2.35. The van der Waals surface area contributed by atoms with Crippen molar-refractivity contribution in [1.29, 1.82) is 0 Å². The van der Waals surface area contributed by atoms with Crippen LogP contribution in [-0.2, 0) is 11.3 Å². The summed E-state index contributed by atoms with van der Waals surface area (Å²) >= 11 is 1.57. The van der Waals surface area contributed by atoms with Crippen molar-refractivity contribution in [3.8, 4) is 10.4 Å². The lowest BCUT2D eigenvalue weighted by molar-refractivity contribution is -0.142. The largest absolute Gasteiger partial charge is 0.408 e. The number of aromatic nitrogens is 5. The highest BCUT2D eigenvalue weighted by molar-refractivity contribution is 7.21. The second kappa shape index (κ2) is 7.89. The number of hydrogen-bond acceptors (Lipinski definition) is 7. The molecule has 1 aromatic carbocycles. The highest BCUT2D eigenvalue weighted by Gasteiger charge is 2.33. The number of morpholine rings is 1. The van der Waals surface area contributed by atoms with E-state index in [2.05, 4.69) is 20.1 Å². The van der Waals surface area contributed by atoms with Gasteiger partial charge in [-0.3, -0.25) is 0 Å². The van der Waals surface area contributed by atoms with Crippen LogP contribution in [0.1, 0.15) is 11.9 Å². The van der Waals surface area contributed by atoms with Gasteiger partial charge in [0.25, 0.3) is 0 Å². The highest BCUT2D eigenvalue weighted by Crippen LogP contribution is 2.38. The maximum absolute atomic E-state index is 12.7. The van der Waals surface area contributed by atoms with Crippen molar-refractivity contribution in [2.45, 2.75) is 18.8 Å². The summed E-state index contributed by atoms with van der Waals surface area (Å²) in [6, 6.07) is 11.6. The maximum atomic E-state index is 12.7. The van der Waals surface area contributed by atoms with Crippen molar-refractivity contribution in [2.24, 2.45) is 0 Å². The average molecular weight is 446 g/mol. The molecule has 5 rings (SSSR count). The van der Waals surface area contributed by atoms with Crippen LogP contribution < -0.4 is 4.90 Å². The topological polar surface area (TPSA) is 69.0 Å². The van der Waals surface area contributed by atoms with Gasteiger partial charge in [0.05, 0.1) is 18.6 Å². The minimum absolute atomic E-state index is 0.261. The summed E-state index contributed by atoms with van der Waals surface area (Å²) < 4.78 is 44.5. The standard InChI is InChI=1S/C20H17F3N6OS/c21-20(22,23)10-28-12-26-17(27-28)15-9-30-7-6-29(15)18-14-8-16(13-4-2-1-3-5-13)31-19(14)25-11-24-18/h1-5,8,11-12,15H,6-7,9-10H2. The smallest absolute Gasteiger partial charge is 0.377 e. The van der Waals surface area contributed by atoms with Crippen LogP contribution in [0, 0.1) is 0 Å². The van der Waals surface area contributed by atoms with Crippen molar-refractivity contribution in [2.75, 3.05) is 24.7 Å². The van der Waals surface area contributed by atoms with Crippen molar-refractivity contribution >= 4 is 27.4 Å². The second-order valence-electron chi connectivity index (χ2n) is 7.09. The molecule has 0 N–H and O–H groups in total. The van der Waals surface area contributed by atoms with Crippen LogP contribution in [0.15, 0.2) is 49.1 Å². The Morgan fingerprint density at radius 3 is 2.77 bits per heavy atom. The van der Waals surface area contributed by atoms with Gasteiger partial charge in [0.15, 0.2) is 5.82 Å². The molecule has 1 unspecified atom stereocenters. The van der Waals surface area contributed by atoms with Gasteiger partial charge in [-0.25, -0.2) is 19.6 Å². The zero-order valence-electron chi connectivity index (χ0n) is 16.2. The van der Waals surface area contributed by atoms with Gasteiger partial charge in [-0.05, 0) is 11.6 Å². The van der Waals surface area contributed by atoms with Gasteiger partial charge >= 0.3 is 6.18 Å². The Morgan fingerprint density at radius 2 is 1.97 bits per heavy atom. The van der Waals surface area contributed by atoms with Gasteiger partial charge in [0.1, 0.15) is 35.9 Å². The molecule has 1 fully saturated rings. The molecule has 4 heterocycles. The fourth-order valence-corrected chi connectivity index (χ4v) is 4.61. The van der Waals surface area contributed by atoms with Crippen LogP contribution in [0.25, 0.3) is 20.7 Å². The van der Waals surface area contributed by atoms with Gasteiger partial charge in [0.2, 0.25) is 0 Å². The zero-order valence-corrected chi connectivity index (χ0v) is 17.0. The third-order valence-corrected chi connectivity index (χ3v) is 6.05. The zero-order chi connectivity index (χ0) is 21.4. The first-order chi connectivity index (χ1) is 15.0. The summed E-state index contributed by atoms with van der Waals surface area (Å²) in [6.07, 6.45) is -1.76. The Morgan fingerprint density at radius 1 is 1.13 bits per heavy atom. The molecule has 1 atom stereocenters. The number of hydrogen-bond donors (Lipinski definition) is 0. The summed E-state index contributed by atoms with van der Waals surface area (Å²) in [7, 11) is 0. The summed E-state index contributed by atoms with van der Waals surface area (Å²) in [4.78, 5) is 16.9. The van der Waals surface area contributed by atoms with Crippen LogP contribution in [-0.4, -0.2) is 50.7 Å². The number of anilines is 1. The van der Waals surface area contributed by atoms with Crippen molar-refractivity contribution in [3.05, 3.63) is 54.9 Å². The highest BCUT2D eigenvalue weighted by atomic mass is 32.1. The Balaban J connectivity index is 1.51. The predicted molar refractivity (Wildman–Crippen MR) is 110 cm³/mol. The second-order valence-corrected chi connectivity index (χ2v) is 8.12. The molecule has 1 saturated heterocycles. The lowest BCUT2D eigenvalue weighted by atomic mass is 10.1. The molecule has 0 saturated carbocycles. The number of alkyl halides is 3. The van der Waals surface area contributed by atoms with Gasteiger partial charge in [-0.15, -0.1) is 11.3 Å². The van der Waals surface area contributed by atoms with E-state index in [4.69, 9.17) is 4.74 Å². The average Bonchev–Trinajstić information content (AvgIpc) is 3.40. The van der Waals surface area contributed by atoms with Crippen molar-refractivity contribution in [1.82, 2.24) is 24.7 Å². The normalized spacial score (nSPS) is 17.4. The number of benzene rings is 1. The molecule has 1 aliphatic rings. The first kappa shape index (κ1) is 19.9. The molecule has 7 nitrogen and oxygen atoms in total. The molecule has 11 heteroatoms. The SMILES string of the molecule is FC(F)(F)Cn1cnc(C2COCCN2c2ncnc3sc(-c4ccccc4)cc23)n1. The summed E-state index contributed by atoms with van der Waals surface area (Å²) in [6.45, 7) is 0.0650. The summed E-state index contributed by atoms with van der Waals surface area (Å²) in [5.41, 5.74) is 1.09. The summed E-state index contributed by atoms with van der Waals surface area (Å²) in [5, 5.41) is 4.93. The van der Waals surface area contributed by atoms with Crippen LogP contribution >= 0.6 is 11.3 Å². The van der Waals surface area contributed by atoms with Crippen LogP contribution in [0.2, 0.25) is 0 Å². The molecule has 0 amide bonds. The number of nitrogens with zero attached hydrogens (tertiary/aromatic N) is 6. The molecular weight excluding hydrogens is 429 g/mol. The molecule has 3 aromatic heterocycles. The Bertz CT molecular complexity index is 1190. The molecule has 4 aromatic rings. The third kappa shape index (κ3) is 4.10. The lowest BCUT2D eigenvalue weighted by Crippen LogP contribution is -2.40.